The highest BCUT2D eigenvalue weighted by Gasteiger charge is 2.74. The maximum Gasteiger partial charge on any atom is 0.200 e. The number of benzene rings is 1. The Hall–Kier alpha value is -2.05. The van der Waals surface area contributed by atoms with Gasteiger partial charge in [0.1, 0.15) is 5.76 Å². The third-order valence-corrected chi connectivity index (χ3v) is 6.45. The molecule has 126 valence electrons. The molecule has 1 aromatic rings. The minimum absolute atomic E-state index is 0.245. The number of nitrogens with zero attached hydrogens (tertiary/aromatic N) is 1. The summed E-state index contributed by atoms with van der Waals surface area (Å²) in [5.74, 6) is 0.555. The lowest BCUT2D eigenvalue weighted by molar-refractivity contribution is -0.167. The van der Waals surface area contributed by atoms with Gasteiger partial charge in [-0.25, -0.2) is 0 Å². The molecule has 5 rings (SSSR count). The van der Waals surface area contributed by atoms with Crippen molar-refractivity contribution in [3.8, 4) is 11.5 Å². The van der Waals surface area contributed by atoms with E-state index < -0.39 is 17.1 Å². The lowest BCUT2D eigenvalue weighted by atomic mass is 9.50. The third-order valence-electron chi connectivity index (χ3n) is 6.45. The molecule has 6 nitrogen and oxygen atoms in total. The quantitative estimate of drug-likeness (QED) is 0.790. The largest absolute Gasteiger partial charge is 0.509 e. The van der Waals surface area contributed by atoms with Gasteiger partial charge in [-0.1, -0.05) is 6.07 Å². The lowest BCUT2D eigenvalue weighted by Crippen LogP contribution is -2.76. The number of likely N-dealkylation sites (tertiary alicyclic amines) is 1. The van der Waals surface area contributed by atoms with Crippen molar-refractivity contribution < 1.29 is 24.5 Å². The summed E-state index contributed by atoms with van der Waals surface area (Å²) in [6.07, 6.45) is 1.44. The summed E-state index contributed by atoms with van der Waals surface area (Å²) in [6.45, 7) is 0.726. The van der Waals surface area contributed by atoms with Gasteiger partial charge in [-0.05, 0) is 38.1 Å². The molecule has 0 amide bonds. The van der Waals surface area contributed by atoms with E-state index >= 15 is 0 Å². The van der Waals surface area contributed by atoms with Crippen LogP contribution in [0.4, 0.5) is 0 Å². The van der Waals surface area contributed by atoms with E-state index in [2.05, 4.69) is 4.90 Å². The molecule has 4 aliphatic rings. The molecular formula is C18H19NO5. The van der Waals surface area contributed by atoms with Crippen LogP contribution in [0.25, 0.3) is 0 Å². The minimum atomic E-state index is -1.52. The van der Waals surface area contributed by atoms with Crippen LogP contribution in [0, 0.1) is 0 Å². The number of likely N-dealkylation sites (N-methyl/N-ethyl adjacent to an activating group) is 1. The number of hydrogen-bond donors (Lipinski definition) is 2. The molecule has 1 fully saturated rings. The summed E-state index contributed by atoms with van der Waals surface area (Å²) in [5, 5.41) is 22.3. The zero-order valence-electron chi connectivity index (χ0n) is 13.6. The maximum absolute atomic E-state index is 12.6. The van der Waals surface area contributed by atoms with Gasteiger partial charge >= 0.3 is 0 Å². The summed E-state index contributed by atoms with van der Waals surface area (Å²) in [4.78, 5) is 14.7. The highest BCUT2D eigenvalue weighted by molar-refractivity contribution is 5.99. The number of aliphatic hydroxyl groups excluding tert-OH is 1. The van der Waals surface area contributed by atoms with Crippen molar-refractivity contribution in [1.82, 2.24) is 4.90 Å². The van der Waals surface area contributed by atoms with Crippen LogP contribution in [0.3, 0.4) is 0 Å². The molecule has 2 aliphatic heterocycles. The van der Waals surface area contributed by atoms with Crippen molar-refractivity contribution >= 4 is 5.78 Å². The summed E-state index contributed by atoms with van der Waals surface area (Å²) in [5.41, 5.74) is -0.579. The normalized spacial score (nSPS) is 39.1. The molecule has 0 aromatic heterocycles. The third kappa shape index (κ3) is 1.24. The van der Waals surface area contributed by atoms with Crippen molar-refractivity contribution in [2.24, 2.45) is 0 Å². The Morgan fingerprint density at radius 3 is 2.96 bits per heavy atom. The summed E-state index contributed by atoms with van der Waals surface area (Å²) >= 11 is 0. The maximum atomic E-state index is 12.6. The first-order chi connectivity index (χ1) is 11.4. The Labute approximate surface area is 139 Å². The van der Waals surface area contributed by atoms with E-state index in [9.17, 15) is 15.0 Å². The first-order valence-corrected chi connectivity index (χ1v) is 8.19. The first kappa shape index (κ1) is 14.3. The fraction of sp³-hybridized carbons (Fsp3) is 0.500. The predicted octanol–water partition coefficient (Wildman–Crippen LogP) is 0.710. The zero-order valence-corrected chi connectivity index (χ0v) is 13.6. The van der Waals surface area contributed by atoms with Crippen LogP contribution in [-0.4, -0.2) is 59.3 Å². The molecular weight excluding hydrogens is 310 g/mol. The van der Waals surface area contributed by atoms with Crippen molar-refractivity contribution in [3.05, 3.63) is 35.1 Å². The van der Waals surface area contributed by atoms with Gasteiger partial charge in [0.05, 0.1) is 18.6 Å². The Morgan fingerprint density at radius 2 is 2.21 bits per heavy atom. The Kier molecular flexibility index (Phi) is 2.46. The van der Waals surface area contributed by atoms with Crippen LogP contribution in [0.1, 0.15) is 17.5 Å². The monoisotopic (exact) mass is 329 g/mol. The Balaban J connectivity index is 1.90. The molecule has 0 radical (unpaired) electrons. The standard InChI is InChI=1S/C18H19NO5/c1-19-6-5-17-14-9-3-4-11(23-2)15(14)24-16(17)10(20)8-13(21)18(17,22)12(19)7-9/h3-4,8,12,16,21-22H,5-7H2,1-2H3/t12-,16-,17-,18?/m0/s1. The number of methoxy groups -OCH3 is 1. The number of piperidine rings is 1. The SMILES string of the molecule is COc1ccc2c3c1O[C@H]1C(=O)C=C(O)C4(O)[C@H](C2)N(C)CC[C@]314. The van der Waals surface area contributed by atoms with E-state index in [0.717, 1.165) is 23.7 Å². The molecule has 1 aromatic carbocycles. The van der Waals surface area contributed by atoms with Crippen molar-refractivity contribution in [2.75, 3.05) is 20.7 Å². The summed E-state index contributed by atoms with van der Waals surface area (Å²) < 4.78 is 11.5. The molecule has 1 unspecified atom stereocenters. The van der Waals surface area contributed by atoms with E-state index in [1.165, 1.54) is 0 Å². The van der Waals surface area contributed by atoms with Gasteiger partial charge in [0, 0.05) is 11.6 Å². The topological polar surface area (TPSA) is 79.2 Å². The molecule has 0 saturated carbocycles. The summed E-state index contributed by atoms with van der Waals surface area (Å²) in [7, 11) is 3.50. The fourth-order valence-corrected chi connectivity index (χ4v) is 5.39. The predicted molar refractivity (Wildman–Crippen MR) is 84.5 cm³/mol. The van der Waals surface area contributed by atoms with E-state index in [0.29, 0.717) is 24.3 Å². The van der Waals surface area contributed by atoms with Gasteiger partial charge in [-0.3, -0.25) is 9.69 Å². The van der Waals surface area contributed by atoms with Crippen LogP contribution in [0.15, 0.2) is 24.0 Å². The molecule has 2 bridgehead atoms. The van der Waals surface area contributed by atoms with Crippen molar-refractivity contribution in [3.63, 3.8) is 0 Å². The Bertz CT molecular complexity index is 818. The lowest BCUT2D eigenvalue weighted by Gasteiger charge is -2.60. The van der Waals surface area contributed by atoms with Gasteiger partial charge < -0.3 is 19.7 Å². The van der Waals surface area contributed by atoms with Gasteiger partial charge in [-0.2, -0.15) is 0 Å². The highest BCUT2D eigenvalue weighted by Crippen LogP contribution is 2.64. The molecule has 6 heteroatoms. The second-order valence-corrected chi connectivity index (χ2v) is 7.25. The van der Waals surface area contributed by atoms with Crippen LogP contribution >= 0.6 is 0 Å². The second kappa shape index (κ2) is 4.13. The molecule has 2 aliphatic carbocycles. The van der Waals surface area contributed by atoms with Crippen LogP contribution < -0.4 is 9.47 Å². The average Bonchev–Trinajstić information content (AvgIpc) is 2.91. The van der Waals surface area contributed by atoms with E-state index in [1.807, 2.05) is 19.2 Å². The smallest absolute Gasteiger partial charge is 0.200 e. The van der Waals surface area contributed by atoms with E-state index in [-0.39, 0.29) is 17.6 Å². The van der Waals surface area contributed by atoms with E-state index in [1.54, 1.807) is 7.11 Å². The minimum Gasteiger partial charge on any atom is -0.509 e. The number of aliphatic hydroxyl groups is 2. The van der Waals surface area contributed by atoms with Gasteiger partial charge in [0.25, 0.3) is 0 Å². The highest BCUT2D eigenvalue weighted by atomic mass is 16.5. The van der Waals surface area contributed by atoms with Gasteiger partial charge in [0.2, 0.25) is 5.78 Å². The molecule has 1 saturated heterocycles. The number of rotatable bonds is 1. The zero-order chi connectivity index (χ0) is 16.9. The summed E-state index contributed by atoms with van der Waals surface area (Å²) in [6, 6.07) is 3.53. The molecule has 2 heterocycles. The van der Waals surface area contributed by atoms with Crippen LogP contribution in [-0.2, 0) is 16.6 Å². The number of ketones is 1. The van der Waals surface area contributed by atoms with Crippen LogP contribution in [0.5, 0.6) is 11.5 Å². The average molecular weight is 329 g/mol. The fourth-order valence-electron chi connectivity index (χ4n) is 5.39. The van der Waals surface area contributed by atoms with Crippen molar-refractivity contribution in [1.29, 1.82) is 0 Å². The Morgan fingerprint density at radius 1 is 1.42 bits per heavy atom. The van der Waals surface area contributed by atoms with Gasteiger partial charge in [-0.15, -0.1) is 0 Å². The molecule has 2 N–H and O–H groups in total. The first-order valence-electron chi connectivity index (χ1n) is 8.19. The van der Waals surface area contributed by atoms with E-state index in [4.69, 9.17) is 9.47 Å². The van der Waals surface area contributed by atoms with Crippen LogP contribution in [0.2, 0.25) is 0 Å². The van der Waals surface area contributed by atoms with Crippen molar-refractivity contribution in [2.45, 2.75) is 36.0 Å². The number of hydrogen-bond acceptors (Lipinski definition) is 6. The molecule has 1 spiro atoms. The number of carbonyl (C=O) groups is 1. The molecule has 24 heavy (non-hydrogen) atoms. The second-order valence-electron chi connectivity index (χ2n) is 7.25. The number of ether oxygens (including phenoxy) is 2. The number of carbonyl (C=O) groups excluding carboxylic acids is 1. The van der Waals surface area contributed by atoms with Gasteiger partial charge in [0.15, 0.2) is 23.2 Å². The molecule has 4 atom stereocenters.